The topological polar surface area (TPSA) is 52.6 Å². The van der Waals surface area contributed by atoms with Crippen molar-refractivity contribution in [2.24, 2.45) is 11.3 Å². The van der Waals surface area contributed by atoms with Crippen LogP contribution in [-0.2, 0) is 19.1 Å². The fourth-order valence-corrected chi connectivity index (χ4v) is 2.00. The van der Waals surface area contributed by atoms with Gasteiger partial charge in [-0.15, -0.1) is 0 Å². The maximum Gasteiger partial charge on any atom is 0.348 e. The van der Waals surface area contributed by atoms with Crippen LogP contribution in [0.5, 0.6) is 0 Å². The Kier molecular flexibility index (Phi) is 2.98. The molecule has 1 heterocycles. The highest BCUT2D eigenvalue weighted by atomic mass is 16.6. The Balaban J connectivity index is 2.04. The van der Waals surface area contributed by atoms with Crippen LogP contribution in [0, 0.1) is 11.3 Å². The molecular formula is C13H18O4. The summed E-state index contributed by atoms with van der Waals surface area (Å²) >= 11 is 0. The summed E-state index contributed by atoms with van der Waals surface area (Å²) < 4.78 is 10.5. The van der Waals surface area contributed by atoms with Gasteiger partial charge in [0.05, 0.1) is 11.3 Å². The van der Waals surface area contributed by atoms with E-state index in [-0.39, 0.29) is 18.0 Å². The van der Waals surface area contributed by atoms with Gasteiger partial charge < -0.3 is 9.47 Å². The second kappa shape index (κ2) is 4.17. The molecule has 17 heavy (non-hydrogen) atoms. The van der Waals surface area contributed by atoms with E-state index in [4.69, 9.17) is 9.47 Å². The summed E-state index contributed by atoms with van der Waals surface area (Å²) in [4.78, 5) is 23.5. The lowest BCUT2D eigenvalue weighted by Crippen LogP contribution is -2.35. The fraction of sp³-hybridized carbons (Fsp3) is 0.692. The van der Waals surface area contributed by atoms with Crippen LogP contribution in [0.1, 0.15) is 33.6 Å². The molecule has 0 aromatic carbocycles. The second-order valence-corrected chi connectivity index (χ2v) is 5.29. The van der Waals surface area contributed by atoms with Crippen molar-refractivity contribution >= 4 is 11.9 Å². The number of fused-ring (bicyclic) bond motifs is 1. The molecule has 94 valence electrons. The van der Waals surface area contributed by atoms with Crippen molar-refractivity contribution in [3.8, 4) is 0 Å². The van der Waals surface area contributed by atoms with Crippen LogP contribution in [0.15, 0.2) is 12.2 Å². The molecule has 2 rings (SSSR count). The quantitative estimate of drug-likeness (QED) is 0.556. The Bertz CT molecular complexity index is 370. The molecule has 4 heteroatoms. The highest BCUT2D eigenvalue weighted by Crippen LogP contribution is 2.35. The summed E-state index contributed by atoms with van der Waals surface area (Å²) in [5.41, 5.74) is -0.551. The third-order valence-corrected chi connectivity index (χ3v) is 3.70. The molecule has 1 saturated heterocycles. The first-order valence-electron chi connectivity index (χ1n) is 6.04. The third kappa shape index (κ3) is 2.08. The zero-order chi connectivity index (χ0) is 12.6. The van der Waals surface area contributed by atoms with Gasteiger partial charge in [0.25, 0.3) is 0 Å². The van der Waals surface area contributed by atoms with Crippen LogP contribution < -0.4 is 0 Å². The first-order valence-corrected chi connectivity index (χ1v) is 6.04. The molecule has 0 N–H and O–H groups in total. The molecule has 0 saturated carbocycles. The van der Waals surface area contributed by atoms with E-state index in [0.29, 0.717) is 6.42 Å². The smallest absolute Gasteiger partial charge is 0.348 e. The predicted molar refractivity (Wildman–Crippen MR) is 61.1 cm³/mol. The molecule has 0 aromatic heterocycles. The van der Waals surface area contributed by atoms with Gasteiger partial charge in [-0.25, -0.2) is 4.79 Å². The van der Waals surface area contributed by atoms with Crippen LogP contribution in [0.2, 0.25) is 0 Å². The van der Waals surface area contributed by atoms with Gasteiger partial charge in [-0.3, -0.25) is 4.79 Å². The van der Waals surface area contributed by atoms with Crippen molar-refractivity contribution < 1.29 is 19.1 Å². The second-order valence-electron chi connectivity index (χ2n) is 5.29. The molecule has 0 spiro atoms. The number of carbonyl (C=O) groups is 2. The number of hydrogen-bond donors (Lipinski definition) is 0. The Morgan fingerprint density at radius 2 is 2.29 bits per heavy atom. The third-order valence-electron chi connectivity index (χ3n) is 3.70. The molecule has 0 unspecified atom stereocenters. The van der Waals surface area contributed by atoms with Gasteiger partial charge in [0.2, 0.25) is 6.10 Å². The molecule has 1 aliphatic heterocycles. The lowest BCUT2D eigenvalue weighted by Gasteiger charge is -2.23. The summed E-state index contributed by atoms with van der Waals surface area (Å²) in [7, 11) is 0. The monoisotopic (exact) mass is 238 g/mol. The van der Waals surface area contributed by atoms with Crippen molar-refractivity contribution in [2.75, 3.05) is 0 Å². The Morgan fingerprint density at radius 3 is 2.94 bits per heavy atom. The van der Waals surface area contributed by atoms with Gasteiger partial charge in [0.15, 0.2) is 0 Å². The van der Waals surface area contributed by atoms with Gasteiger partial charge in [-0.1, -0.05) is 13.0 Å². The highest BCUT2D eigenvalue weighted by molar-refractivity contribution is 5.83. The maximum absolute atomic E-state index is 11.9. The van der Waals surface area contributed by atoms with Crippen LogP contribution in [0.3, 0.4) is 0 Å². The zero-order valence-electron chi connectivity index (χ0n) is 10.4. The summed E-state index contributed by atoms with van der Waals surface area (Å²) in [6.45, 7) is 5.56. The van der Waals surface area contributed by atoms with Crippen molar-refractivity contribution in [3.05, 3.63) is 12.2 Å². The van der Waals surface area contributed by atoms with Crippen molar-refractivity contribution in [2.45, 2.75) is 45.8 Å². The number of hydrogen-bond acceptors (Lipinski definition) is 4. The zero-order valence-corrected chi connectivity index (χ0v) is 10.4. The van der Waals surface area contributed by atoms with E-state index in [1.807, 2.05) is 32.9 Å². The lowest BCUT2D eigenvalue weighted by atomic mass is 9.90. The Morgan fingerprint density at radius 1 is 1.59 bits per heavy atom. The van der Waals surface area contributed by atoms with Gasteiger partial charge in [0.1, 0.15) is 6.10 Å². The number of carbonyl (C=O) groups excluding carboxylic acids is 2. The molecule has 1 fully saturated rings. The normalized spacial score (nSPS) is 31.2. The minimum Gasteiger partial charge on any atom is -0.455 e. The van der Waals surface area contributed by atoms with Crippen molar-refractivity contribution in [1.82, 2.24) is 0 Å². The Labute approximate surface area is 101 Å². The van der Waals surface area contributed by atoms with Crippen LogP contribution in [0.4, 0.5) is 0 Å². The van der Waals surface area contributed by atoms with E-state index in [1.54, 1.807) is 0 Å². The summed E-state index contributed by atoms with van der Waals surface area (Å²) in [6.07, 6.45) is 4.31. The molecular weight excluding hydrogens is 220 g/mol. The van der Waals surface area contributed by atoms with Crippen LogP contribution in [-0.4, -0.2) is 24.1 Å². The summed E-state index contributed by atoms with van der Waals surface area (Å²) in [5, 5.41) is 0. The fourth-order valence-electron chi connectivity index (χ4n) is 2.00. The first kappa shape index (κ1) is 12.1. The predicted octanol–water partition coefficient (Wildman–Crippen LogP) is 1.84. The minimum atomic E-state index is -0.728. The first-order chi connectivity index (χ1) is 7.95. The van der Waals surface area contributed by atoms with E-state index in [1.165, 1.54) is 0 Å². The van der Waals surface area contributed by atoms with Gasteiger partial charge in [-0.2, -0.15) is 0 Å². The molecule has 2 aliphatic rings. The van der Waals surface area contributed by atoms with E-state index in [9.17, 15) is 9.59 Å². The van der Waals surface area contributed by atoms with Gasteiger partial charge in [0, 0.05) is 0 Å². The Hall–Kier alpha value is -1.32. The van der Waals surface area contributed by atoms with Crippen LogP contribution >= 0.6 is 0 Å². The molecule has 0 amide bonds. The summed E-state index contributed by atoms with van der Waals surface area (Å²) in [5.74, 6) is -0.766. The van der Waals surface area contributed by atoms with E-state index in [0.717, 1.165) is 6.42 Å². The van der Waals surface area contributed by atoms with Crippen molar-refractivity contribution in [1.29, 1.82) is 0 Å². The van der Waals surface area contributed by atoms with Gasteiger partial charge in [-0.05, 0) is 32.8 Å². The standard InChI is InChI=1S/C13H18O4/c1-4-13(2,3)12(15)17-10-8-6-5-7-9(8)16-11(10)14/h5,7-10H,4,6H2,1-3H3/t8-,9+,10-/m0/s1. The van der Waals surface area contributed by atoms with E-state index < -0.39 is 17.5 Å². The SMILES string of the molecule is CCC(C)(C)C(=O)O[C@@H]1C(=O)O[C@@H]2C=CC[C@H]12. The average Bonchev–Trinajstić information content (AvgIpc) is 2.82. The highest BCUT2D eigenvalue weighted by Gasteiger charge is 2.48. The largest absolute Gasteiger partial charge is 0.455 e. The maximum atomic E-state index is 11.9. The van der Waals surface area contributed by atoms with Crippen molar-refractivity contribution in [3.63, 3.8) is 0 Å². The molecule has 0 aromatic rings. The average molecular weight is 238 g/mol. The molecule has 3 atom stereocenters. The lowest BCUT2D eigenvalue weighted by molar-refractivity contribution is -0.168. The number of ether oxygens (including phenoxy) is 2. The van der Waals surface area contributed by atoms with Gasteiger partial charge >= 0.3 is 11.9 Å². The minimum absolute atomic E-state index is 0.0286. The molecule has 4 nitrogen and oxygen atoms in total. The molecule has 0 bridgehead atoms. The van der Waals surface area contributed by atoms with E-state index >= 15 is 0 Å². The molecule has 0 radical (unpaired) electrons. The summed E-state index contributed by atoms with van der Waals surface area (Å²) in [6, 6.07) is 0. The number of allylic oxidation sites excluding steroid dienone is 1. The van der Waals surface area contributed by atoms with Crippen LogP contribution in [0.25, 0.3) is 0 Å². The molecule has 1 aliphatic carbocycles. The number of rotatable bonds is 3. The van der Waals surface area contributed by atoms with E-state index in [2.05, 4.69) is 0 Å². The number of esters is 2.